The Balaban J connectivity index is 1.61. The minimum atomic E-state index is -1.49. The monoisotopic (exact) mass is 772 g/mol. The van der Waals surface area contributed by atoms with Crippen LogP contribution in [0.4, 0.5) is 0 Å². The van der Waals surface area contributed by atoms with Crippen molar-refractivity contribution in [2.75, 3.05) is 39.4 Å². The van der Waals surface area contributed by atoms with Crippen LogP contribution in [-0.4, -0.2) is 117 Å². The van der Waals surface area contributed by atoms with Gasteiger partial charge in [-0.15, -0.1) is 0 Å². The summed E-state index contributed by atoms with van der Waals surface area (Å²) >= 11 is 5.98. The summed E-state index contributed by atoms with van der Waals surface area (Å²) in [6, 6.07) is 9.22. The third-order valence-corrected chi connectivity index (χ3v) is 8.95. The first-order valence-electron chi connectivity index (χ1n) is 18.2. The predicted octanol–water partition coefficient (Wildman–Crippen LogP) is -0.393. The molecule has 1 aliphatic rings. The van der Waals surface area contributed by atoms with Crippen LogP contribution in [0.15, 0.2) is 48.5 Å². The average molecular weight is 773 g/mol. The molecule has 0 aromatic heterocycles. The van der Waals surface area contributed by atoms with Crippen molar-refractivity contribution >= 4 is 48.3 Å². The molecule has 16 nitrogen and oxygen atoms in total. The second kappa shape index (κ2) is 23.0. The molecule has 11 N–H and O–H groups in total. The predicted molar refractivity (Wildman–Crippen MR) is 206 cm³/mol. The zero-order chi connectivity index (χ0) is 39.6. The first-order chi connectivity index (χ1) is 25.8. The van der Waals surface area contributed by atoms with Crippen molar-refractivity contribution in [3.05, 3.63) is 59.1 Å². The lowest BCUT2D eigenvalue weighted by Crippen LogP contribution is -2.60. The third-order valence-electron chi connectivity index (χ3n) is 8.70. The second-order valence-corrected chi connectivity index (χ2v) is 13.6. The number of hydrogen-bond donors (Lipinski definition) is 9. The van der Waals surface area contributed by atoms with Gasteiger partial charge in [-0.2, -0.15) is 0 Å². The summed E-state index contributed by atoms with van der Waals surface area (Å²) in [4.78, 5) is 66.4. The highest BCUT2D eigenvalue weighted by molar-refractivity contribution is 6.46. The Labute approximate surface area is 321 Å². The number of unbranched alkanes of at least 4 members (excludes halogenated alkanes) is 1. The molecule has 6 atom stereocenters. The smallest absolute Gasteiger partial charge is 0.409 e. The highest BCUT2D eigenvalue weighted by Gasteiger charge is 2.34. The molecule has 0 saturated carbocycles. The number of nitrogens with one attached hydrogen (secondary N) is 6. The summed E-state index contributed by atoms with van der Waals surface area (Å²) in [7, 11) is -0.674. The summed E-state index contributed by atoms with van der Waals surface area (Å²) < 4.78 is 11.4. The maximum absolute atomic E-state index is 13.4. The van der Waals surface area contributed by atoms with E-state index in [1.165, 1.54) is 13.8 Å². The summed E-state index contributed by atoms with van der Waals surface area (Å²) in [5.41, 5.74) is 13.4. The fraction of sp³-hybridized carbons (Fsp3) is 0.528. The first kappa shape index (κ1) is 44.3. The molecule has 5 amide bonds. The molecule has 0 bridgehead atoms. The number of aliphatic hydroxyl groups is 1. The van der Waals surface area contributed by atoms with Gasteiger partial charge in [0.15, 0.2) is 0 Å². The van der Waals surface area contributed by atoms with Gasteiger partial charge in [-0.05, 0) is 94.9 Å². The van der Waals surface area contributed by atoms with Gasteiger partial charge in [-0.1, -0.05) is 35.9 Å². The molecule has 2 aromatic carbocycles. The molecular weight excluding hydrogens is 719 g/mol. The SMILES string of the molecule is C[C@H](NC(=O)[C@H](CCCCN)NC(=O)[C@H](C)NC(=O)[C@@H](NC(=O)[C@H](CCN)NC(=O)c1ccc(-c2ccc(Cl)cc2)cc1)[C@@H](C)O)B1OCCNCCO1. The third kappa shape index (κ3) is 14.3. The van der Waals surface area contributed by atoms with Crippen LogP contribution in [0, 0.1) is 0 Å². The van der Waals surface area contributed by atoms with E-state index in [0.29, 0.717) is 50.7 Å². The number of benzene rings is 2. The fourth-order valence-corrected chi connectivity index (χ4v) is 5.69. The van der Waals surface area contributed by atoms with Gasteiger partial charge in [0.05, 0.1) is 12.0 Å². The molecule has 1 aliphatic heterocycles. The van der Waals surface area contributed by atoms with Gasteiger partial charge in [0.2, 0.25) is 23.6 Å². The number of aliphatic hydroxyl groups excluding tert-OH is 1. The van der Waals surface area contributed by atoms with Crippen molar-refractivity contribution in [1.82, 2.24) is 31.9 Å². The topological polar surface area (TPSA) is 248 Å². The molecule has 54 heavy (non-hydrogen) atoms. The fourth-order valence-electron chi connectivity index (χ4n) is 5.57. The van der Waals surface area contributed by atoms with Gasteiger partial charge < -0.3 is 57.8 Å². The highest BCUT2D eigenvalue weighted by atomic mass is 35.5. The van der Waals surface area contributed by atoms with Crippen molar-refractivity contribution in [1.29, 1.82) is 0 Å². The molecule has 1 saturated heterocycles. The van der Waals surface area contributed by atoms with Gasteiger partial charge >= 0.3 is 7.12 Å². The van der Waals surface area contributed by atoms with Gasteiger partial charge in [-0.3, -0.25) is 24.0 Å². The van der Waals surface area contributed by atoms with E-state index in [1.807, 2.05) is 12.1 Å². The maximum Gasteiger partial charge on any atom is 0.480 e. The zero-order valence-corrected chi connectivity index (χ0v) is 31.8. The van der Waals surface area contributed by atoms with Crippen LogP contribution in [0.25, 0.3) is 11.1 Å². The van der Waals surface area contributed by atoms with Crippen LogP contribution < -0.4 is 43.4 Å². The Hall–Kier alpha value is -4.10. The first-order valence-corrected chi connectivity index (χ1v) is 18.6. The Morgan fingerprint density at radius 3 is 1.89 bits per heavy atom. The maximum atomic E-state index is 13.4. The number of rotatable bonds is 19. The number of amides is 5. The van der Waals surface area contributed by atoms with Crippen LogP contribution in [0.3, 0.4) is 0 Å². The number of halogens is 1. The Morgan fingerprint density at radius 2 is 1.31 bits per heavy atom. The molecule has 0 spiro atoms. The van der Waals surface area contributed by atoms with Gasteiger partial charge in [-0.25, -0.2) is 0 Å². The molecular formula is C36H54BClN8O8. The van der Waals surface area contributed by atoms with E-state index in [2.05, 4.69) is 31.9 Å². The van der Waals surface area contributed by atoms with E-state index >= 15 is 0 Å². The quantitative estimate of drug-likeness (QED) is 0.0657. The lowest BCUT2D eigenvalue weighted by atomic mass is 9.79. The van der Waals surface area contributed by atoms with Crippen molar-refractivity contribution in [3.8, 4) is 11.1 Å². The van der Waals surface area contributed by atoms with Crippen LogP contribution in [0.1, 0.15) is 56.8 Å². The Kier molecular flexibility index (Phi) is 18.8. The molecule has 0 radical (unpaired) electrons. The molecule has 3 rings (SSSR count). The van der Waals surface area contributed by atoms with Crippen LogP contribution in [0.2, 0.25) is 5.02 Å². The summed E-state index contributed by atoms with van der Waals surface area (Å²) in [5, 5.41) is 27.4. The Bertz CT molecular complexity index is 1510. The van der Waals surface area contributed by atoms with Gasteiger partial charge in [0, 0.05) is 36.9 Å². The van der Waals surface area contributed by atoms with Gasteiger partial charge in [0.25, 0.3) is 5.91 Å². The standard InChI is InChI=1S/C36H54BClN8O8/c1-22(32(48)44-29(6-4-5-16-39)34(50)43-24(3)37-53-20-18-41-19-21-54-37)42-36(52)31(23(2)47)46-35(51)30(15-17-40)45-33(49)27-9-7-25(8-10-27)26-11-13-28(38)14-12-26/h7-14,22-24,29-31,41,47H,4-6,15-21,39-40H2,1-3H3,(H,42,52)(H,43,50)(H,44,48)(H,45,49)(H,46,51)/t22-,23+,24-,29-,30-,31-/m0/s1. The molecule has 0 aliphatic carbocycles. The van der Waals surface area contributed by atoms with Crippen molar-refractivity contribution in [2.45, 2.75) is 82.7 Å². The summed E-state index contributed by atoms with van der Waals surface area (Å²) in [6.45, 7) is 6.98. The lowest BCUT2D eigenvalue weighted by molar-refractivity contribution is -0.135. The molecule has 0 unspecified atom stereocenters. The van der Waals surface area contributed by atoms with Gasteiger partial charge in [0.1, 0.15) is 24.2 Å². The van der Waals surface area contributed by atoms with E-state index in [4.69, 9.17) is 32.4 Å². The van der Waals surface area contributed by atoms with Crippen LogP contribution >= 0.6 is 11.6 Å². The highest BCUT2D eigenvalue weighted by Crippen LogP contribution is 2.22. The minimum absolute atomic E-state index is 0.0353. The Morgan fingerprint density at radius 1 is 0.741 bits per heavy atom. The second-order valence-electron chi connectivity index (χ2n) is 13.1. The molecule has 18 heteroatoms. The van der Waals surface area contributed by atoms with Crippen LogP contribution in [0.5, 0.6) is 0 Å². The number of hydrogen-bond acceptors (Lipinski definition) is 11. The van der Waals surface area contributed by atoms with E-state index in [-0.39, 0.29) is 24.9 Å². The number of nitrogens with two attached hydrogens (primary N) is 2. The molecule has 1 fully saturated rings. The largest absolute Gasteiger partial charge is 0.480 e. The van der Waals surface area contributed by atoms with E-state index in [9.17, 15) is 29.1 Å². The zero-order valence-electron chi connectivity index (χ0n) is 31.1. The summed E-state index contributed by atoms with van der Waals surface area (Å²) in [5.74, 6) is -3.81. The summed E-state index contributed by atoms with van der Waals surface area (Å²) in [6.07, 6.45) is 0.115. The van der Waals surface area contributed by atoms with E-state index in [1.54, 1.807) is 43.3 Å². The molecule has 296 valence electrons. The number of carbonyl (C=O) groups excluding carboxylic acids is 5. The minimum Gasteiger partial charge on any atom is -0.409 e. The molecule has 2 aromatic rings. The van der Waals surface area contributed by atoms with Crippen molar-refractivity contribution in [3.63, 3.8) is 0 Å². The van der Waals surface area contributed by atoms with Crippen molar-refractivity contribution < 1.29 is 38.4 Å². The average Bonchev–Trinajstić information content (AvgIpc) is 3.13. The van der Waals surface area contributed by atoms with E-state index < -0.39 is 72.9 Å². The number of carbonyl (C=O) groups is 5. The normalized spacial score (nSPS) is 16.6. The van der Waals surface area contributed by atoms with Crippen molar-refractivity contribution in [2.24, 2.45) is 11.5 Å². The van der Waals surface area contributed by atoms with E-state index in [0.717, 1.165) is 11.1 Å². The lowest BCUT2D eigenvalue weighted by Gasteiger charge is -2.27. The molecule has 1 heterocycles. The van der Waals surface area contributed by atoms with Crippen LogP contribution in [-0.2, 0) is 28.5 Å².